The number of benzene rings is 1. The molecule has 122 valence electrons. The Labute approximate surface area is 139 Å². The van der Waals surface area contributed by atoms with Gasteiger partial charge in [0.15, 0.2) is 5.69 Å². The Hall–Kier alpha value is -2.38. The highest BCUT2D eigenvalue weighted by Gasteiger charge is 2.21. The third-order valence-corrected chi connectivity index (χ3v) is 3.87. The van der Waals surface area contributed by atoms with Gasteiger partial charge in [-0.15, -0.1) is 12.4 Å². The molecule has 23 heavy (non-hydrogen) atoms. The molecular formula is C15H17ClN4O3. The van der Waals surface area contributed by atoms with E-state index in [2.05, 4.69) is 10.6 Å². The van der Waals surface area contributed by atoms with Gasteiger partial charge in [-0.3, -0.25) is 4.79 Å². The van der Waals surface area contributed by atoms with Crippen molar-refractivity contribution in [3.8, 4) is 0 Å². The van der Waals surface area contributed by atoms with Gasteiger partial charge >= 0.3 is 5.82 Å². The standard InChI is InChI=1S/C15H16N4O3.ClH/c1-18-13(4-5-14(18)19(21)22)15(20)17-12-3-2-10-6-7-16-9-11(10)8-12;/h2-5,8,16H,6-7,9H2,1H3,(H,17,20);1H. The number of nitrogens with zero attached hydrogens (tertiary/aromatic N) is 2. The molecule has 0 radical (unpaired) electrons. The van der Waals surface area contributed by atoms with Gasteiger partial charge in [0.05, 0.1) is 7.05 Å². The fourth-order valence-corrected chi connectivity index (χ4v) is 2.67. The summed E-state index contributed by atoms with van der Waals surface area (Å²) >= 11 is 0. The van der Waals surface area contributed by atoms with E-state index in [1.54, 1.807) is 0 Å². The molecule has 0 atom stereocenters. The molecule has 0 bridgehead atoms. The lowest BCUT2D eigenvalue weighted by atomic mass is 10.0. The molecule has 0 saturated heterocycles. The van der Waals surface area contributed by atoms with Crippen molar-refractivity contribution in [3.63, 3.8) is 0 Å². The Morgan fingerprint density at radius 3 is 2.78 bits per heavy atom. The smallest absolute Gasteiger partial charge is 0.323 e. The topological polar surface area (TPSA) is 89.2 Å². The summed E-state index contributed by atoms with van der Waals surface area (Å²) in [6.07, 6.45) is 0.980. The summed E-state index contributed by atoms with van der Waals surface area (Å²) in [7, 11) is 1.50. The van der Waals surface area contributed by atoms with Crippen molar-refractivity contribution < 1.29 is 9.72 Å². The van der Waals surface area contributed by atoms with E-state index in [1.165, 1.54) is 34.9 Å². The van der Waals surface area contributed by atoms with Crippen LogP contribution in [0.3, 0.4) is 0 Å². The van der Waals surface area contributed by atoms with E-state index in [0.29, 0.717) is 5.69 Å². The monoisotopic (exact) mass is 336 g/mol. The zero-order valence-corrected chi connectivity index (χ0v) is 13.4. The Balaban J connectivity index is 0.00000192. The first kappa shape index (κ1) is 17.0. The van der Waals surface area contributed by atoms with Crippen LogP contribution in [-0.4, -0.2) is 21.9 Å². The largest absolute Gasteiger partial charge is 0.358 e. The van der Waals surface area contributed by atoms with Crippen LogP contribution in [0.4, 0.5) is 11.5 Å². The summed E-state index contributed by atoms with van der Waals surface area (Å²) < 4.78 is 1.27. The molecule has 2 N–H and O–H groups in total. The first-order valence-corrected chi connectivity index (χ1v) is 7.00. The molecule has 3 rings (SSSR count). The average Bonchev–Trinajstić information content (AvgIpc) is 2.89. The van der Waals surface area contributed by atoms with Crippen molar-refractivity contribution in [2.45, 2.75) is 13.0 Å². The predicted molar refractivity (Wildman–Crippen MR) is 89.1 cm³/mol. The minimum atomic E-state index is -0.513. The van der Waals surface area contributed by atoms with Crippen LogP contribution in [0.1, 0.15) is 21.6 Å². The Kier molecular flexibility index (Phi) is 5.02. The third kappa shape index (κ3) is 3.35. The maximum Gasteiger partial charge on any atom is 0.323 e. The molecule has 0 spiro atoms. The zero-order valence-electron chi connectivity index (χ0n) is 12.5. The Morgan fingerprint density at radius 1 is 1.30 bits per heavy atom. The van der Waals surface area contributed by atoms with E-state index < -0.39 is 4.92 Å². The number of carbonyl (C=O) groups is 1. The number of anilines is 1. The molecule has 8 heteroatoms. The van der Waals surface area contributed by atoms with Gasteiger partial charge in [0.25, 0.3) is 5.91 Å². The summed E-state index contributed by atoms with van der Waals surface area (Å²) in [5.74, 6) is -0.473. The number of rotatable bonds is 3. The van der Waals surface area contributed by atoms with Crippen molar-refractivity contribution >= 4 is 29.8 Å². The van der Waals surface area contributed by atoms with Gasteiger partial charge in [0, 0.05) is 18.3 Å². The number of hydrogen-bond acceptors (Lipinski definition) is 4. The van der Waals surface area contributed by atoms with Gasteiger partial charge in [-0.2, -0.15) is 0 Å². The highest BCUT2D eigenvalue weighted by Crippen LogP contribution is 2.21. The molecule has 2 heterocycles. The molecule has 1 aliphatic heterocycles. The van der Waals surface area contributed by atoms with E-state index in [0.717, 1.165) is 19.5 Å². The first-order valence-electron chi connectivity index (χ1n) is 7.00. The Morgan fingerprint density at radius 2 is 2.09 bits per heavy atom. The number of nitro groups is 1. The van der Waals surface area contributed by atoms with Crippen molar-refractivity contribution in [2.24, 2.45) is 7.05 Å². The van der Waals surface area contributed by atoms with Gasteiger partial charge < -0.3 is 20.7 Å². The number of halogens is 1. The molecule has 0 unspecified atom stereocenters. The summed E-state index contributed by atoms with van der Waals surface area (Å²) in [4.78, 5) is 22.6. The maximum absolute atomic E-state index is 12.3. The Bertz CT molecular complexity index is 757. The predicted octanol–water partition coefficient (Wildman–Crippen LogP) is 2.25. The van der Waals surface area contributed by atoms with Crippen molar-refractivity contribution in [2.75, 3.05) is 11.9 Å². The minimum absolute atomic E-state index is 0. The minimum Gasteiger partial charge on any atom is -0.358 e. The van der Waals surface area contributed by atoms with Crippen LogP contribution in [0.15, 0.2) is 30.3 Å². The fourth-order valence-electron chi connectivity index (χ4n) is 2.67. The van der Waals surface area contributed by atoms with Gasteiger partial charge in [-0.05, 0) is 47.2 Å². The summed E-state index contributed by atoms with van der Waals surface area (Å²) in [5, 5.41) is 16.9. The van der Waals surface area contributed by atoms with Crippen molar-refractivity contribution in [3.05, 3.63) is 57.3 Å². The molecule has 1 aliphatic rings. The first-order chi connectivity index (χ1) is 10.6. The van der Waals surface area contributed by atoms with Crippen molar-refractivity contribution in [1.29, 1.82) is 0 Å². The van der Waals surface area contributed by atoms with Crippen LogP contribution >= 0.6 is 12.4 Å². The molecule has 0 fully saturated rings. The van der Waals surface area contributed by atoms with Crippen LogP contribution in [0.2, 0.25) is 0 Å². The van der Waals surface area contributed by atoms with Gasteiger partial charge in [0.2, 0.25) is 0 Å². The molecule has 1 aromatic heterocycles. The number of amides is 1. The summed E-state index contributed by atoms with van der Waals surface area (Å²) in [6, 6.07) is 8.59. The fraction of sp³-hybridized carbons (Fsp3) is 0.267. The van der Waals surface area contributed by atoms with Crippen LogP contribution < -0.4 is 10.6 Å². The van der Waals surface area contributed by atoms with Gasteiger partial charge in [0.1, 0.15) is 0 Å². The highest BCUT2D eigenvalue weighted by atomic mass is 35.5. The number of carbonyl (C=O) groups excluding carboxylic acids is 1. The molecule has 7 nitrogen and oxygen atoms in total. The SMILES string of the molecule is Cl.Cn1c(C(=O)Nc2ccc3c(c2)CNCC3)ccc1[N+](=O)[O-]. The molecule has 1 amide bonds. The second-order valence-electron chi connectivity index (χ2n) is 5.26. The highest BCUT2D eigenvalue weighted by molar-refractivity contribution is 6.03. The molecule has 1 aromatic carbocycles. The summed E-state index contributed by atoms with van der Waals surface area (Å²) in [6.45, 7) is 1.75. The molecule has 0 aliphatic carbocycles. The number of fused-ring (bicyclic) bond motifs is 1. The van der Waals surface area contributed by atoms with E-state index in [4.69, 9.17) is 0 Å². The number of hydrogen-bond donors (Lipinski definition) is 2. The second-order valence-corrected chi connectivity index (χ2v) is 5.26. The molecule has 2 aromatic rings. The average molecular weight is 337 g/mol. The quantitative estimate of drug-likeness (QED) is 0.664. The summed E-state index contributed by atoms with van der Waals surface area (Å²) in [5.41, 5.74) is 3.40. The van der Waals surface area contributed by atoms with Crippen LogP contribution in [0, 0.1) is 10.1 Å². The normalized spacial score (nSPS) is 12.9. The molecular weight excluding hydrogens is 320 g/mol. The van der Waals surface area contributed by atoms with E-state index in [9.17, 15) is 14.9 Å². The lowest BCUT2D eigenvalue weighted by Gasteiger charge is -2.18. The van der Waals surface area contributed by atoms with E-state index >= 15 is 0 Å². The third-order valence-electron chi connectivity index (χ3n) is 3.87. The van der Waals surface area contributed by atoms with E-state index in [1.807, 2.05) is 18.2 Å². The molecule has 0 saturated carbocycles. The zero-order chi connectivity index (χ0) is 15.7. The number of nitrogens with one attached hydrogen (secondary N) is 2. The maximum atomic E-state index is 12.3. The van der Waals surface area contributed by atoms with Crippen LogP contribution in [-0.2, 0) is 20.0 Å². The lowest BCUT2D eigenvalue weighted by molar-refractivity contribution is -0.391. The number of aromatic nitrogens is 1. The van der Waals surface area contributed by atoms with Gasteiger partial charge in [-0.25, -0.2) is 4.57 Å². The van der Waals surface area contributed by atoms with Crippen molar-refractivity contribution in [1.82, 2.24) is 9.88 Å². The van der Waals surface area contributed by atoms with E-state index in [-0.39, 0.29) is 29.8 Å². The van der Waals surface area contributed by atoms with Crippen LogP contribution in [0.25, 0.3) is 0 Å². The lowest BCUT2D eigenvalue weighted by Crippen LogP contribution is -2.24. The van der Waals surface area contributed by atoms with Gasteiger partial charge in [-0.1, -0.05) is 6.07 Å². The second kappa shape index (κ2) is 6.80. The van der Waals surface area contributed by atoms with Crippen LogP contribution in [0.5, 0.6) is 0 Å².